The van der Waals surface area contributed by atoms with Gasteiger partial charge in [-0.3, -0.25) is 4.79 Å². The molecule has 29 heavy (non-hydrogen) atoms. The molecule has 2 N–H and O–H groups in total. The van der Waals surface area contributed by atoms with Crippen molar-refractivity contribution in [3.63, 3.8) is 0 Å². The van der Waals surface area contributed by atoms with Gasteiger partial charge >= 0.3 is 0 Å². The number of hydrogen-bond donors (Lipinski definition) is 2. The van der Waals surface area contributed by atoms with Gasteiger partial charge in [0.25, 0.3) is 0 Å². The molecule has 2 aliphatic rings. The van der Waals surface area contributed by atoms with E-state index in [4.69, 9.17) is 0 Å². The van der Waals surface area contributed by atoms with Crippen LogP contribution in [-0.2, 0) is 4.79 Å². The average Bonchev–Trinajstić information content (AvgIpc) is 3.49. The van der Waals surface area contributed by atoms with Crippen molar-refractivity contribution in [2.45, 2.75) is 44.6 Å². The monoisotopic (exact) mass is 390 g/mol. The molecule has 0 atom stereocenters. The number of carbonyl (C=O) groups is 1. The molecule has 0 radical (unpaired) electrons. The van der Waals surface area contributed by atoms with Gasteiger partial charge in [0.2, 0.25) is 11.9 Å². The van der Waals surface area contributed by atoms with Crippen molar-refractivity contribution in [3.05, 3.63) is 42.7 Å². The van der Waals surface area contributed by atoms with Crippen molar-refractivity contribution in [2.24, 2.45) is 11.8 Å². The van der Waals surface area contributed by atoms with E-state index in [0.717, 1.165) is 54.9 Å². The van der Waals surface area contributed by atoms with Gasteiger partial charge < -0.3 is 10.6 Å². The average molecular weight is 390 g/mol. The summed E-state index contributed by atoms with van der Waals surface area (Å²) in [5.41, 5.74) is 1.02. The molecule has 0 unspecified atom stereocenters. The molecular weight excluding hydrogens is 364 g/mol. The summed E-state index contributed by atoms with van der Waals surface area (Å²) in [6, 6.07) is 10.2. The van der Waals surface area contributed by atoms with Crippen molar-refractivity contribution in [3.8, 4) is 5.82 Å². The molecule has 3 aromatic rings. The number of rotatable bonds is 6. The van der Waals surface area contributed by atoms with Crippen LogP contribution in [-0.4, -0.2) is 38.2 Å². The van der Waals surface area contributed by atoms with E-state index in [0.29, 0.717) is 12.0 Å². The lowest BCUT2D eigenvalue weighted by atomic mass is 9.85. The maximum Gasteiger partial charge on any atom is 0.224 e. The van der Waals surface area contributed by atoms with E-state index in [1.165, 1.54) is 12.8 Å². The lowest BCUT2D eigenvalue weighted by Gasteiger charge is -2.28. The van der Waals surface area contributed by atoms with Crippen molar-refractivity contribution in [1.29, 1.82) is 0 Å². The molecule has 0 aliphatic heterocycles. The number of nitrogens with one attached hydrogen (secondary N) is 2. The Bertz CT molecular complexity index is 1000. The first-order valence-electron chi connectivity index (χ1n) is 10.6. The van der Waals surface area contributed by atoms with Gasteiger partial charge in [-0.25, -0.2) is 9.67 Å². The van der Waals surface area contributed by atoms with Crippen molar-refractivity contribution >= 4 is 22.8 Å². The minimum atomic E-state index is 0.148. The zero-order chi connectivity index (χ0) is 19.6. The number of amides is 1. The van der Waals surface area contributed by atoms with Gasteiger partial charge in [0, 0.05) is 36.2 Å². The molecule has 5 rings (SSSR count). The Morgan fingerprint density at radius 3 is 2.72 bits per heavy atom. The second-order valence-corrected chi connectivity index (χ2v) is 8.24. The van der Waals surface area contributed by atoms with E-state index in [9.17, 15) is 4.79 Å². The summed E-state index contributed by atoms with van der Waals surface area (Å²) in [6.45, 7) is 0.861. The van der Waals surface area contributed by atoms with Gasteiger partial charge in [0.1, 0.15) is 0 Å². The Hall–Kier alpha value is -2.96. The van der Waals surface area contributed by atoms with Crippen LogP contribution in [0, 0.1) is 11.8 Å². The molecule has 1 aromatic carbocycles. The highest BCUT2D eigenvalue weighted by molar-refractivity contribution is 5.80. The molecule has 2 saturated carbocycles. The zero-order valence-corrected chi connectivity index (χ0v) is 16.4. The fourth-order valence-electron chi connectivity index (χ4n) is 4.08. The second kappa shape index (κ2) is 7.81. The van der Waals surface area contributed by atoms with Crippen LogP contribution in [0.15, 0.2) is 42.7 Å². The van der Waals surface area contributed by atoms with E-state index in [1.807, 2.05) is 41.2 Å². The summed E-state index contributed by atoms with van der Waals surface area (Å²) in [6.07, 6.45) is 9.89. The largest absolute Gasteiger partial charge is 0.356 e. The Balaban J connectivity index is 1.20. The minimum Gasteiger partial charge on any atom is -0.356 e. The SMILES string of the molecule is O=C(NCC1CC1)[C@H]1CC[C@H](Nc2nccc(-n3ncc4ccccc43)n2)CC1. The van der Waals surface area contributed by atoms with E-state index >= 15 is 0 Å². The quantitative estimate of drug-likeness (QED) is 0.674. The third-order valence-electron chi connectivity index (χ3n) is 6.03. The van der Waals surface area contributed by atoms with E-state index < -0.39 is 0 Å². The molecule has 2 fully saturated rings. The predicted molar refractivity (Wildman–Crippen MR) is 112 cm³/mol. The topological polar surface area (TPSA) is 84.7 Å². The molecule has 7 nitrogen and oxygen atoms in total. The number of carbonyl (C=O) groups excluding carboxylic acids is 1. The second-order valence-electron chi connectivity index (χ2n) is 8.24. The Morgan fingerprint density at radius 1 is 1.07 bits per heavy atom. The summed E-state index contributed by atoms with van der Waals surface area (Å²) < 4.78 is 1.84. The number of hydrogen-bond acceptors (Lipinski definition) is 5. The first-order valence-corrected chi connectivity index (χ1v) is 10.6. The molecular formula is C22H26N6O. The number of para-hydroxylation sites is 1. The zero-order valence-electron chi connectivity index (χ0n) is 16.4. The Labute approximate surface area is 169 Å². The van der Waals surface area contributed by atoms with Gasteiger partial charge in [-0.2, -0.15) is 10.1 Å². The van der Waals surface area contributed by atoms with Crippen molar-refractivity contribution < 1.29 is 4.79 Å². The van der Waals surface area contributed by atoms with Gasteiger partial charge in [-0.15, -0.1) is 0 Å². The van der Waals surface area contributed by atoms with Crippen LogP contribution < -0.4 is 10.6 Å². The third-order valence-corrected chi connectivity index (χ3v) is 6.03. The van der Waals surface area contributed by atoms with Crippen LogP contribution in [0.25, 0.3) is 16.7 Å². The van der Waals surface area contributed by atoms with E-state index in [1.54, 1.807) is 6.20 Å². The number of anilines is 1. The number of aromatic nitrogens is 4. The molecule has 2 aromatic heterocycles. The summed E-state index contributed by atoms with van der Waals surface area (Å²) in [4.78, 5) is 21.4. The maximum atomic E-state index is 12.3. The third kappa shape index (κ3) is 4.09. The molecule has 2 aliphatic carbocycles. The van der Waals surface area contributed by atoms with Crippen LogP contribution in [0.4, 0.5) is 5.95 Å². The highest BCUT2D eigenvalue weighted by atomic mass is 16.1. The maximum absolute atomic E-state index is 12.3. The minimum absolute atomic E-state index is 0.148. The Kier molecular flexibility index (Phi) is 4.87. The van der Waals surface area contributed by atoms with Gasteiger partial charge in [-0.05, 0) is 50.5 Å². The highest BCUT2D eigenvalue weighted by Gasteiger charge is 2.28. The molecule has 0 bridgehead atoms. The fourth-order valence-corrected chi connectivity index (χ4v) is 4.08. The number of benzene rings is 1. The normalized spacial score (nSPS) is 21.8. The summed E-state index contributed by atoms with van der Waals surface area (Å²) in [5.74, 6) is 2.47. The summed E-state index contributed by atoms with van der Waals surface area (Å²) in [7, 11) is 0. The van der Waals surface area contributed by atoms with Crippen LogP contribution in [0.2, 0.25) is 0 Å². The molecule has 0 spiro atoms. The molecule has 0 saturated heterocycles. The molecule has 150 valence electrons. The van der Waals surface area contributed by atoms with Crippen LogP contribution in [0.1, 0.15) is 38.5 Å². The molecule has 2 heterocycles. The van der Waals surface area contributed by atoms with Gasteiger partial charge in [-0.1, -0.05) is 18.2 Å². The van der Waals surface area contributed by atoms with Crippen LogP contribution in [0.5, 0.6) is 0 Å². The Morgan fingerprint density at radius 2 is 1.90 bits per heavy atom. The molecule has 1 amide bonds. The van der Waals surface area contributed by atoms with Crippen LogP contribution >= 0.6 is 0 Å². The van der Waals surface area contributed by atoms with Crippen molar-refractivity contribution in [1.82, 2.24) is 25.1 Å². The molecule has 7 heteroatoms. The fraction of sp³-hybridized carbons (Fsp3) is 0.455. The van der Waals surface area contributed by atoms with Gasteiger partial charge in [0.15, 0.2) is 5.82 Å². The van der Waals surface area contributed by atoms with E-state index in [-0.39, 0.29) is 11.8 Å². The lowest BCUT2D eigenvalue weighted by Crippen LogP contribution is -2.36. The number of fused-ring (bicyclic) bond motifs is 1. The first kappa shape index (κ1) is 18.1. The smallest absolute Gasteiger partial charge is 0.224 e. The summed E-state index contributed by atoms with van der Waals surface area (Å²) in [5, 5.41) is 12.1. The highest BCUT2D eigenvalue weighted by Crippen LogP contribution is 2.29. The lowest BCUT2D eigenvalue weighted by molar-refractivity contribution is -0.126. The number of nitrogens with zero attached hydrogens (tertiary/aromatic N) is 4. The first-order chi connectivity index (χ1) is 14.3. The van der Waals surface area contributed by atoms with Gasteiger partial charge in [0.05, 0.1) is 11.7 Å². The van der Waals surface area contributed by atoms with Crippen molar-refractivity contribution in [2.75, 3.05) is 11.9 Å². The standard InChI is InChI=1S/C22H26N6O/c29-21(24-13-15-5-6-15)16-7-9-18(10-8-16)26-22-23-12-11-20(27-22)28-19-4-2-1-3-17(19)14-25-28/h1-4,11-12,14-16,18H,5-10,13H2,(H,24,29)(H,23,26,27)/t16-,18-. The predicted octanol–water partition coefficient (Wildman–Crippen LogP) is 3.31. The van der Waals surface area contributed by atoms with E-state index in [2.05, 4.69) is 25.7 Å². The van der Waals surface area contributed by atoms with Crippen LogP contribution in [0.3, 0.4) is 0 Å². The summed E-state index contributed by atoms with van der Waals surface area (Å²) >= 11 is 0.